The van der Waals surface area contributed by atoms with Gasteiger partial charge in [-0.15, -0.1) is 0 Å². The summed E-state index contributed by atoms with van der Waals surface area (Å²) in [7, 11) is 1.43. The molecule has 4 rings (SSSR count). The van der Waals surface area contributed by atoms with Gasteiger partial charge in [-0.3, -0.25) is 14.6 Å². The normalized spacial score (nSPS) is 17.6. The molecule has 33 heavy (non-hydrogen) atoms. The summed E-state index contributed by atoms with van der Waals surface area (Å²) in [6.45, 7) is 1.35. The first kappa shape index (κ1) is 22.6. The Morgan fingerprint density at radius 2 is 1.97 bits per heavy atom. The second kappa shape index (κ2) is 8.73. The van der Waals surface area contributed by atoms with Crippen LogP contribution in [0.3, 0.4) is 0 Å². The summed E-state index contributed by atoms with van der Waals surface area (Å²) in [5, 5.41) is 2.81. The molecule has 0 bridgehead atoms. The Bertz CT molecular complexity index is 1180. The maximum atomic E-state index is 13.5. The van der Waals surface area contributed by atoms with E-state index in [0.29, 0.717) is 18.0 Å². The van der Waals surface area contributed by atoms with Crippen molar-refractivity contribution < 1.29 is 32.2 Å². The zero-order valence-electron chi connectivity index (χ0n) is 18.0. The zero-order valence-corrected chi connectivity index (χ0v) is 18.0. The summed E-state index contributed by atoms with van der Waals surface area (Å²) in [6.07, 6.45) is -2.55. The summed E-state index contributed by atoms with van der Waals surface area (Å²) < 4.78 is 51.6. The van der Waals surface area contributed by atoms with Crippen LogP contribution in [0.2, 0.25) is 0 Å². The fraction of sp³-hybridized carbons (Fsp3) is 0.292. The van der Waals surface area contributed by atoms with Crippen molar-refractivity contribution in [3.05, 3.63) is 70.4 Å². The van der Waals surface area contributed by atoms with Crippen molar-refractivity contribution in [1.82, 2.24) is 5.32 Å². The van der Waals surface area contributed by atoms with Crippen molar-refractivity contribution in [1.29, 1.82) is 0 Å². The summed E-state index contributed by atoms with van der Waals surface area (Å²) in [5.41, 5.74) is 1.26. The van der Waals surface area contributed by atoms with Crippen molar-refractivity contribution in [3.63, 3.8) is 0 Å². The topological polar surface area (TPSA) is 77.0 Å². The molecule has 0 aromatic heterocycles. The molecule has 9 heteroatoms. The van der Waals surface area contributed by atoms with Crippen LogP contribution >= 0.6 is 0 Å². The highest BCUT2D eigenvalue weighted by Gasteiger charge is 2.35. The molecule has 172 valence electrons. The fourth-order valence-corrected chi connectivity index (χ4v) is 3.96. The average Bonchev–Trinajstić information content (AvgIpc) is 3.24. The van der Waals surface area contributed by atoms with Gasteiger partial charge in [-0.1, -0.05) is 18.2 Å². The SMILES string of the molecule is COc1cc(C2CC(=O)NC3=CCN=C32)ccc1OCc1ccc(C(C)=O)cc1C(F)(F)F. The Morgan fingerprint density at radius 1 is 1.18 bits per heavy atom. The van der Waals surface area contributed by atoms with Crippen LogP contribution in [0.4, 0.5) is 13.2 Å². The highest BCUT2D eigenvalue weighted by Crippen LogP contribution is 2.37. The molecule has 1 unspecified atom stereocenters. The quantitative estimate of drug-likeness (QED) is 0.650. The first-order chi connectivity index (χ1) is 15.7. The van der Waals surface area contributed by atoms with Gasteiger partial charge >= 0.3 is 6.18 Å². The largest absolute Gasteiger partial charge is 0.493 e. The van der Waals surface area contributed by atoms with E-state index in [-0.39, 0.29) is 41.7 Å². The molecule has 2 heterocycles. The van der Waals surface area contributed by atoms with Crippen molar-refractivity contribution in [2.75, 3.05) is 13.7 Å². The highest BCUT2D eigenvalue weighted by molar-refractivity contribution is 6.12. The van der Waals surface area contributed by atoms with Crippen LogP contribution in [0.25, 0.3) is 0 Å². The number of carbonyl (C=O) groups is 2. The van der Waals surface area contributed by atoms with Gasteiger partial charge in [0.1, 0.15) is 6.61 Å². The first-order valence-corrected chi connectivity index (χ1v) is 10.2. The number of ether oxygens (including phenoxy) is 2. The minimum Gasteiger partial charge on any atom is -0.493 e. The Kier molecular flexibility index (Phi) is 5.97. The minimum atomic E-state index is -4.63. The Morgan fingerprint density at radius 3 is 2.67 bits per heavy atom. The van der Waals surface area contributed by atoms with Gasteiger partial charge in [-0.05, 0) is 36.8 Å². The number of Topliss-reactive ketones (excluding diaryl/α,β-unsaturated/α-hetero) is 1. The number of aliphatic imine (C=N–C) groups is 1. The van der Waals surface area contributed by atoms with Gasteiger partial charge in [-0.25, -0.2) is 0 Å². The van der Waals surface area contributed by atoms with Gasteiger partial charge in [0.2, 0.25) is 5.91 Å². The number of hydrogen-bond acceptors (Lipinski definition) is 5. The number of alkyl halides is 3. The van der Waals surface area contributed by atoms with E-state index in [1.54, 1.807) is 18.2 Å². The lowest BCUT2D eigenvalue weighted by Crippen LogP contribution is -2.37. The van der Waals surface area contributed by atoms with E-state index in [0.717, 1.165) is 17.3 Å². The van der Waals surface area contributed by atoms with Crippen LogP contribution in [0.1, 0.15) is 46.3 Å². The lowest BCUT2D eigenvalue weighted by atomic mass is 9.86. The predicted molar refractivity (Wildman–Crippen MR) is 115 cm³/mol. The van der Waals surface area contributed by atoms with Crippen LogP contribution in [0, 0.1) is 0 Å². The van der Waals surface area contributed by atoms with E-state index in [9.17, 15) is 22.8 Å². The molecule has 0 radical (unpaired) electrons. The third-order valence-electron chi connectivity index (χ3n) is 5.62. The highest BCUT2D eigenvalue weighted by atomic mass is 19.4. The molecular formula is C24H21F3N2O4. The number of piperidine rings is 1. The third-order valence-corrected chi connectivity index (χ3v) is 5.62. The summed E-state index contributed by atoms with van der Waals surface area (Å²) in [5.74, 6) is -0.219. The van der Waals surface area contributed by atoms with Gasteiger partial charge in [0.15, 0.2) is 17.3 Å². The molecule has 1 saturated heterocycles. The van der Waals surface area contributed by atoms with E-state index in [1.165, 1.54) is 26.2 Å². The smallest absolute Gasteiger partial charge is 0.416 e. The van der Waals surface area contributed by atoms with Crippen molar-refractivity contribution in [2.24, 2.45) is 4.99 Å². The van der Waals surface area contributed by atoms with Crippen molar-refractivity contribution >= 4 is 17.4 Å². The van der Waals surface area contributed by atoms with Crippen molar-refractivity contribution in [3.8, 4) is 11.5 Å². The number of rotatable bonds is 6. The number of halogens is 3. The van der Waals surface area contributed by atoms with Crippen LogP contribution in [-0.4, -0.2) is 31.1 Å². The van der Waals surface area contributed by atoms with Gasteiger partial charge in [0.05, 0.1) is 30.6 Å². The maximum absolute atomic E-state index is 13.5. The number of nitrogens with zero attached hydrogens (tertiary/aromatic N) is 1. The number of nitrogens with one attached hydrogen (secondary N) is 1. The number of allylic oxidation sites excluding steroid dienone is 1. The van der Waals surface area contributed by atoms with Crippen LogP contribution in [-0.2, 0) is 17.6 Å². The summed E-state index contributed by atoms with van der Waals surface area (Å²) in [4.78, 5) is 28.0. The number of carbonyl (C=O) groups excluding carboxylic acids is 2. The average molecular weight is 458 g/mol. The number of benzene rings is 2. The van der Waals surface area contributed by atoms with E-state index in [2.05, 4.69) is 10.3 Å². The lowest BCUT2D eigenvalue weighted by molar-refractivity contribution is -0.138. The Hall–Kier alpha value is -3.62. The standard InChI is InChI=1S/C24H21F3N2O4/c1-13(30)14-3-4-16(18(9-14)24(25,26)27)12-33-20-6-5-15(10-21(20)32-2)17-11-22(31)29-19-7-8-28-23(17)19/h3-7,9-10,17H,8,11-12H2,1-2H3,(H,29,31). The second-order valence-electron chi connectivity index (χ2n) is 7.77. The number of methoxy groups -OCH3 is 1. The molecule has 0 aliphatic carbocycles. The van der Waals surface area contributed by atoms with Gasteiger partial charge in [-0.2, -0.15) is 13.2 Å². The predicted octanol–water partition coefficient (Wildman–Crippen LogP) is 4.44. The molecule has 2 aliphatic rings. The Labute approximate surface area is 188 Å². The third kappa shape index (κ3) is 4.62. The lowest BCUT2D eigenvalue weighted by Gasteiger charge is -2.25. The molecule has 1 fully saturated rings. The molecule has 2 aromatic carbocycles. The summed E-state index contributed by atoms with van der Waals surface area (Å²) >= 11 is 0. The van der Waals surface area contributed by atoms with Gasteiger partial charge < -0.3 is 14.8 Å². The minimum absolute atomic E-state index is 0.0206. The summed E-state index contributed by atoms with van der Waals surface area (Å²) in [6, 6.07) is 8.49. The number of hydrogen-bond donors (Lipinski definition) is 1. The first-order valence-electron chi connectivity index (χ1n) is 10.2. The fourth-order valence-electron chi connectivity index (χ4n) is 3.96. The molecule has 2 aliphatic heterocycles. The van der Waals surface area contributed by atoms with Crippen LogP contribution in [0.15, 0.2) is 53.2 Å². The van der Waals surface area contributed by atoms with Crippen LogP contribution < -0.4 is 14.8 Å². The molecule has 6 nitrogen and oxygen atoms in total. The molecule has 1 N–H and O–H groups in total. The monoisotopic (exact) mass is 458 g/mol. The molecule has 0 spiro atoms. The molecule has 1 atom stereocenters. The van der Waals surface area contributed by atoms with E-state index in [4.69, 9.17) is 9.47 Å². The van der Waals surface area contributed by atoms with Gasteiger partial charge in [0, 0.05) is 23.5 Å². The van der Waals surface area contributed by atoms with Crippen molar-refractivity contribution in [2.45, 2.75) is 32.0 Å². The zero-order chi connectivity index (χ0) is 23.8. The second-order valence-corrected chi connectivity index (χ2v) is 7.77. The Balaban J connectivity index is 1.58. The van der Waals surface area contributed by atoms with E-state index < -0.39 is 17.5 Å². The molecule has 1 amide bonds. The van der Waals surface area contributed by atoms with Gasteiger partial charge in [0.25, 0.3) is 0 Å². The number of fused-ring (bicyclic) bond motifs is 1. The number of amides is 1. The molecule has 2 aromatic rings. The molecule has 0 saturated carbocycles. The van der Waals surface area contributed by atoms with Crippen LogP contribution in [0.5, 0.6) is 11.5 Å². The van der Waals surface area contributed by atoms with E-state index >= 15 is 0 Å². The number of ketones is 1. The van der Waals surface area contributed by atoms with E-state index in [1.807, 2.05) is 6.08 Å². The molecular weight excluding hydrogens is 437 g/mol. The maximum Gasteiger partial charge on any atom is 0.416 e.